The summed E-state index contributed by atoms with van der Waals surface area (Å²) in [5.41, 5.74) is 1.71. The number of nitrogens with one attached hydrogen (secondary N) is 1. The molecule has 10 heteroatoms. The Morgan fingerprint density at radius 2 is 2.00 bits per heavy atom. The summed E-state index contributed by atoms with van der Waals surface area (Å²) in [7, 11) is 0. The van der Waals surface area contributed by atoms with Gasteiger partial charge in [-0.05, 0) is 36.4 Å². The molecule has 4 rings (SSSR count). The van der Waals surface area contributed by atoms with E-state index < -0.39 is 0 Å². The second-order valence-corrected chi connectivity index (χ2v) is 5.68. The fourth-order valence-electron chi connectivity index (χ4n) is 2.52. The molecule has 0 saturated heterocycles. The summed E-state index contributed by atoms with van der Waals surface area (Å²) >= 11 is 0. The molecule has 1 aromatic carbocycles. The Hall–Kier alpha value is -3.43. The number of anilines is 1. The molecular formula is C15H16N10. The monoisotopic (exact) mass is 336 g/mol. The lowest BCUT2D eigenvalue weighted by Gasteiger charge is -2.14. The first-order valence-corrected chi connectivity index (χ1v) is 7.84. The van der Waals surface area contributed by atoms with Gasteiger partial charge in [-0.2, -0.15) is 9.67 Å². The standard InChI is InChI=1S/C15H16N10/c1-10(9-24-11(2)19-21-23-24)17-15-16-8-7-14(18-15)25-13-6-4-3-5-12(13)20-22-25/h3-8,10H,9H2,1-2H3,(H,16,17,18). The van der Waals surface area contributed by atoms with Crippen molar-refractivity contribution in [3.05, 3.63) is 42.4 Å². The van der Waals surface area contributed by atoms with Gasteiger partial charge in [-0.1, -0.05) is 17.3 Å². The van der Waals surface area contributed by atoms with Crippen molar-refractivity contribution in [3.8, 4) is 5.82 Å². The summed E-state index contributed by atoms with van der Waals surface area (Å²) in [5.74, 6) is 1.92. The molecule has 10 nitrogen and oxygen atoms in total. The fraction of sp³-hybridized carbons (Fsp3) is 0.267. The van der Waals surface area contributed by atoms with Gasteiger partial charge in [0.2, 0.25) is 5.95 Å². The molecule has 126 valence electrons. The van der Waals surface area contributed by atoms with Gasteiger partial charge in [0, 0.05) is 18.3 Å². The van der Waals surface area contributed by atoms with Crippen LogP contribution >= 0.6 is 0 Å². The number of tetrazole rings is 1. The number of rotatable bonds is 5. The van der Waals surface area contributed by atoms with Crippen molar-refractivity contribution in [2.75, 3.05) is 5.32 Å². The Balaban J connectivity index is 1.56. The number of hydrogen-bond donors (Lipinski definition) is 1. The maximum absolute atomic E-state index is 4.53. The number of aryl methyl sites for hydroxylation is 1. The molecule has 1 unspecified atom stereocenters. The second-order valence-electron chi connectivity index (χ2n) is 5.68. The smallest absolute Gasteiger partial charge is 0.224 e. The molecule has 1 atom stereocenters. The van der Waals surface area contributed by atoms with Crippen molar-refractivity contribution in [2.45, 2.75) is 26.4 Å². The van der Waals surface area contributed by atoms with Crippen LogP contribution in [0.25, 0.3) is 16.9 Å². The van der Waals surface area contributed by atoms with Gasteiger partial charge in [0.1, 0.15) is 11.3 Å². The maximum Gasteiger partial charge on any atom is 0.224 e. The maximum atomic E-state index is 4.53. The zero-order chi connectivity index (χ0) is 17.2. The lowest BCUT2D eigenvalue weighted by atomic mass is 10.3. The predicted molar refractivity (Wildman–Crippen MR) is 90.1 cm³/mol. The summed E-state index contributed by atoms with van der Waals surface area (Å²) in [6.45, 7) is 4.49. The molecule has 0 amide bonds. The van der Waals surface area contributed by atoms with Crippen LogP contribution < -0.4 is 5.32 Å². The first-order chi connectivity index (χ1) is 12.2. The van der Waals surface area contributed by atoms with Crippen molar-refractivity contribution in [2.24, 2.45) is 0 Å². The molecule has 4 aromatic rings. The highest BCUT2D eigenvalue weighted by Crippen LogP contribution is 2.15. The first kappa shape index (κ1) is 15.1. The van der Waals surface area contributed by atoms with Crippen LogP contribution in [0.1, 0.15) is 12.7 Å². The lowest BCUT2D eigenvalue weighted by molar-refractivity contribution is 0.530. The van der Waals surface area contributed by atoms with Crippen molar-refractivity contribution >= 4 is 17.0 Å². The molecule has 0 bridgehead atoms. The highest BCUT2D eigenvalue weighted by atomic mass is 15.5. The number of aromatic nitrogens is 9. The molecule has 0 aliphatic heterocycles. The van der Waals surface area contributed by atoms with Gasteiger partial charge >= 0.3 is 0 Å². The van der Waals surface area contributed by atoms with Gasteiger partial charge < -0.3 is 5.32 Å². The number of para-hydroxylation sites is 1. The van der Waals surface area contributed by atoms with E-state index in [0.29, 0.717) is 18.3 Å². The number of fused-ring (bicyclic) bond motifs is 1. The van der Waals surface area contributed by atoms with Crippen LogP contribution in [0, 0.1) is 6.92 Å². The third kappa shape index (κ3) is 3.01. The summed E-state index contributed by atoms with van der Waals surface area (Å²) in [4.78, 5) is 8.81. The Labute approximate surface area is 142 Å². The first-order valence-electron chi connectivity index (χ1n) is 7.84. The van der Waals surface area contributed by atoms with Gasteiger partial charge in [-0.25, -0.2) is 9.67 Å². The molecule has 3 heterocycles. The average Bonchev–Trinajstić information content (AvgIpc) is 3.22. The molecule has 0 aliphatic carbocycles. The lowest BCUT2D eigenvalue weighted by Crippen LogP contribution is -2.24. The summed E-state index contributed by atoms with van der Waals surface area (Å²) < 4.78 is 3.42. The minimum atomic E-state index is 0.0462. The van der Waals surface area contributed by atoms with Crippen LogP contribution in [0.2, 0.25) is 0 Å². The molecule has 0 radical (unpaired) electrons. The molecule has 1 N–H and O–H groups in total. The normalized spacial score (nSPS) is 12.4. The minimum Gasteiger partial charge on any atom is -0.350 e. The van der Waals surface area contributed by atoms with Crippen LogP contribution in [0.5, 0.6) is 0 Å². The number of nitrogens with zero attached hydrogens (tertiary/aromatic N) is 9. The quantitative estimate of drug-likeness (QED) is 0.574. The number of hydrogen-bond acceptors (Lipinski definition) is 8. The Kier molecular flexibility index (Phi) is 3.77. The fourth-order valence-corrected chi connectivity index (χ4v) is 2.52. The Bertz CT molecular complexity index is 1000. The highest BCUT2D eigenvalue weighted by molar-refractivity contribution is 5.75. The van der Waals surface area contributed by atoms with Crippen LogP contribution in [-0.2, 0) is 6.54 Å². The van der Waals surface area contributed by atoms with Gasteiger partial charge in [-0.3, -0.25) is 0 Å². The highest BCUT2D eigenvalue weighted by Gasteiger charge is 2.11. The second kappa shape index (κ2) is 6.23. The van der Waals surface area contributed by atoms with E-state index in [4.69, 9.17) is 0 Å². The summed E-state index contributed by atoms with van der Waals surface area (Å²) in [6, 6.07) is 9.58. The van der Waals surface area contributed by atoms with Crippen molar-refractivity contribution in [3.63, 3.8) is 0 Å². The van der Waals surface area contributed by atoms with Crippen LogP contribution in [-0.4, -0.2) is 51.2 Å². The number of benzene rings is 1. The van der Waals surface area contributed by atoms with Crippen LogP contribution in [0.4, 0.5) is 5.95 Å². The zero-order valence-electron chi connectivity index (χ0n) is 13.8. The van der Waals surface area contributed by atoms with E-state index >= 15 is 0 Å². The van der Waals surface area contributed by atoms with Gasteiger partial charge in [0.25, 0.3) is 0 Å². The van der Waals surface area contributed by atoms with E-state index in [-0.39, 0.29) is 6.04 Å². The van der Waals surface area contributed by atoms with E-state index in [1.54, 1.807) is 21.6 Å². The third-order valence-electron chi connectivity index (χ3n) is 3.74. The van der Waals surface area contributed by atoms with Gasteiger partial charge in [-0.15, -0.1) is 10.2 Å². The summed E-state index contributed by atoms with van der Waals surface area (Å²) in [5, 5.41) is 23.0. The zero-order valence-corrected chi connectivity index (χ0v) is 13.8. The molecule has 0 saturated carbocycles. The molecule has 0 fully saturated rings. The molecule has 0 aliphatic rings. The summed E-state index contributed by atoms with van der Waals surface area (Å²) in [6.07, 6.45) is 1.69. The van der Waals surface area contributed by atoms with Gasteiger partial charge in [0.05, 0.1) is 12.1 Å². The van der Waals surface area contributed by atoms with E-state index in [9.17, 15) is 0 Å². The van der Waals surface area contributed by atoms with Crippen molar-refractivity contribution in [1.82, 2.24) is 45.2 Å². The molecule has 3 aromatic heterocycles. The largest absolute Gasteiger partial charge is 0.350 e. The van der Waals surface area contributed by atoms with E-state index in [1.165, 1.54) is 0 Å². The Morgan fingerprint density at radius 1 is 1.12 bits per heavy atom. The average molecular weight is 336 g/mol. The SMILES string of the molecule is Cc1nnnn1CC(C)Nc1nccc(-n2nnc3ccccc32)n1. The predicted octanol–water partition coefficient (Wildman–Crippen LogP) is 1.01. The van der Waals surface area contributed by atoms with E-state index in [0.717, 1.165) is 16.9 Å². The van der Waals surface area contributed by atoms with Crippen molar-refractivity contribution in [1.29, 1.82) is 0 Å². The molecule has 0 spiro atoms. The molecule has 25 heavy (non-hydrogen) atoms. The van der Waals surface area contributed by atoms with Gasteiger partial charge in [0.15, 0.2) is 5.82 Å². The molecular weight excluding hydrogens is 320 g/mol. The third-order valence-corrected chi connectivity index (χ3v) is 3.74. The van der Waals surface area contributed by atoms with Crippen LogP contribution in [0.3, 0.4) is 0 Å². The van der Waals surface area contributed by atoms with E-state index in [1.807, 2.05) is 38.1 Å². The minimum absolute atomic E-state index is 0.0462. The van der Waals surface area contributed by atoms with Crippen LogP contribution in [0.15, 0.2) is 36.5 Å². The van der Waals surface area contributed by atoms with E-state index in [2.05, 4.69) is 41.1 Å². The Morgan fingerprint density at radius 3 is 2.84 bits per heavy atom. The van der Waals surface area contributed by atoms with Crippen molar-refractivity contribution < 1.29 is 0 Å². The topological polar surface area (TPSA) is 112 Å².